The monoisotopic (exact) mass is 491 g/mol. The molecule has 0 fully saturated rings. The number of anilines is 2. The Labute approximate surface area is 201 Å². The van der Waals surface area contributed by atoms with Gasteiger partial charge in [-0.15, -0.1) is 0 Å². The average Bonchev–Trinajstić information content (AvgIpc) is 2.83. The molecule has 178 valence electrons. The van der Waals surface area contributed by atoms with Crippen molar-refractivity contribution in [3.63, 3.8) is 0 Å². The molecule has 10 nitrogen and oxygen atoms in total. The van der Waals surface area contributed by atoms with Crippen LogP contribution in [0.3, 0.4) is 0 Å². The van der Waals surface area contributed by atoms with Gasteiger partial charge in [-0.05, 0) is 48.0 Å². The third-order valence-electron chi connectivity index (χ3n) is 4.88. The average molecular weight is 492 g/mol. The lowest BCUT2D eigenvalue weighted by atomic mass is 9.97. The lowest BCUT2D eigenvalue weighted by Crippen LogP contribution is -2.14. The fourth-order valence-electron chi connectivity index (χ4n) is 3.44. The van der Waals surface area contributed by atoms with Gasteiger partial charge in [-0.25, -0.2) is 9.97 Å². The van der Waals surface area contributed by atoms with Crippen molar-refractivity contribution in [1.29, 1.82) is 0 Å². The van der Waals surface area contributed by atoms with E-state index in [2.05, 4.69) is 20.3 Å². The lowest BCUT2D eigenvalue weighted by molar-refractivity contribution is 0.100. The number of nitrogens with one attached hydrogen (secondary N) is 1. The highest BCUT2D eigenvalue weighted by Gasteiger charge is 2.20. The molecule has 0 aliphatic carbocycles. The van der Waals surface area contributed by atoms with Crippen molar-refractivity contribution in [2.24, 2.45) is 5.73 Å². The summed E-state index contributed by atoms with van der Waals surface area (Å²) in [6.07, 6.45) is 5.89. The molecule has 4 aromatic rings. The molecule has 0 radical (unpaired) electrons. The van der Waals surface area contributed by atoms with E-state index < -0.39 is 16.0 Å². The summed E-state index contributed by atoms with van der Waals surface area (Å²) in [6, 6.07) is 14.9. The van der Waals surface area contributed by atoms with Gasteiger partial charge in [0.1, 0.15) is 5.75 Å². The smallest absolute Gasteiger partial charge is 0.306 e. The van der Waals surface area contributed by atoms with Crippen LogP contribution in [0.1, 0.15) is 10.4 Å². The largest absolute Gasteiger partial charge is 0.495 e. The van der Waals surface area contributed by atoms with Crippen LogP contribution < -0.4 is 20.0 Å². The Balaban J connectivity index is 1.80. The molecular weight excluding hydrogens is 470 g/mol. The normalized spacial score (nSPS) is 11.0. The maximum atomic E-state index is 12.1. The van der Waals surface area contributed by atoms with Gasteiger partial charge in [0.2, 0.25) is 11.9 Å². The van der Waals surface area contributed by atoms with Crippen molar-refractivity contribution in [3.05, 3.63) is 78.8 Å². The van der Waals surface area contributed by atoms with E-state index in [1.54, 1.807) is 42.9 Å². The number of carbonyl (C=O) groups excluding carboxylic acids is 1. The van der Waals surface area contributed by atoms with Crippen molar-refractivity contribution in [3.8, 4) is 33.9 Å². The highest BCUT2D eigenvalue weighted by molar-refractivity contribution is 7.86. The highest BCUT2D eigenvalue weighted by atomic mass is 32.2. The van der Waals surface area contributed by atoms with Crippen LogP contribution >= 0.6 is 0 Å². The van der Waals surface area contributed by atoms with Crippen molar-refractivity contribution in [1.82, 2.24) is 15.0 Å². The Morgan fingerprint density at radius 2 is 1.83 bits per heavy atom. The number of nitrogens with zero attached hydrogens (tertiary/aromatic N) is 3. The topological polar surface area (TPSA) is 146 Å². The van der Waals surface area contributed by atoms with E-state index in [1.807, 2.05) is 12.1 Å². The fourth-order valence-corrected chi connectivity index (χ4v) is 3.91. The summed E-state index contributed by atoms with van der Waals surface area (Å²) < 4.78 is 34.3. The van der Waals surface area contributed by atoms with Gasteiger partial charge < -0.3 is 20.0 Å². The lowest BCUT2D eigenvalue weighted by Gasteiger charge is -2.16. The zero-order chi connectivity index (χ0) is 25.0. The zero-order valence-corrected chi connectivity index (χ0v) is 19.6. The summed E-state index contributed by atoms with van der Waals surface area (Å²) in [6.45, 7) is 0. The minimum atomic E-state index is -3.87. The van der Waals surface area contributed by atoms with E-state index >= 15 is 0 Å². The number of benzene rings is 2. The Morgan fingerprint density at radius 3 is 2.51 bits per heavy atom. The first kappa shape index (κ1) is 23.6. The molecular formula is C24H21N5O5S. The minimum Gasteiger partial charge on any atom is -0.495 e. The van der Waals surface area contributed by atoms with Crippen molar-refractivity contribution >= 4 is 27.7 Å². The summed E-state index contributed by atoms with van der Waals surface area (Å²) in [5, 5.41) is 3.12. The molecule has 0 saturated heterocycles. The zero-order valence-electron chi connectivity index (χ0n) is 18.8. The van der Waals surface area contributed by atoms with Crippen molar-refractivity contribution < 1.29 is 22.1 Å². The minimum absolute atomic E-state index is 0.0326. The third-order valence-corrected chi connectivity index (χ3v) is 5.36. The van der Waals surface area contributed by atoms with Crippen molar-refractivity contribution in [2.45, 2.75) is 0 Å². The standard InChI is InChI=1S/C24H21N5O5S/c1-33-20-9-8-15(22-17(23(25)30)6-3-7-21(22)34-35(2,31)32)13-19(20)29-24-27-12-10-18(28-24)16-5-4-11-26-14-16/h3-14H,1-2H3,(H2,25,30)(H,27,28,29). The number of aromatic nitrogens is 3. The number of carbonyl (C=O) groups is 1. The summed E-state index contributed by atoms with van der Waals surface area (Å²) in [5.41, 5.74) is 8.29. The van der Waals surface area contributed by atoms with E-state index in [1.165, 1.54) is 25.3 Å². The maximum Gasteiger partial charge on any atom is 0.306 e. The summed E-state index contributed by atoms with van der Waals surface area (Å²) in [7, 11) is -2.37. The molecule has 0 saturated carbocycles. The van der Waals surface area contributed by atoms with Gasteiger partial charge in [-0.2, -0.15) is 8.42 Å². The van der Waals surface area contributed by atoms with Crippen LogP contribution in [0.15, 0.2) is 73.2 Å². The highest BCUT2D eigenvalue weighted by Crippen LogP contribution is 2.38. The van der Waals surface area contributed by atoms with E-state index in [0.29, 0.717) is 22.7 Å². The molecule has 0 unspecified atom stereocenters. The molecule has 11 heteroatoms. The predicted octanol–water partition coefficient (Wildman–Crippen LogP) is 3.40. The Hall–Kier alpha value is -4.51. The van der Waals surface area contributed by atoms with Crippen LogP contribution in [0.5, 0.6) is 11.5 Å². The first-order valence-corrected chi connectivity index (χ1v) is 12.1. The number of ether oxygens (including phenoxy) is 1. The molecule has 1 amide bonds. The summed E-state index contributed by atoms with van der Waals surface area (Å²) in [5.74, 6) is -0.0182. The SMILES string of the molecule is COc1ccc(-c2c(OS(C)(=O)=O)cccc2C(N)=O)cc1Nc1nccc(-c2cccnc2)n1. The molecule has 2 heterocycles. The van der Waals surface area contributed by atoms with Gasteiger partial charge in [0.15, 0.2) is 5.75 Å². The first-order valence-electron chi connectivity index (χ1n) is 10.3. The van der Waals surface area contributed by atoms with Crippen LogP contribution in [0.25, 0.3) is 22.4 Å². The number of rotatable bonds is 8. The molecule has 2 aromatic carbocycles. The number of primary amides is 1. The maximum absolute atomic E-state index is 12.1. The van der Waals surface area contributed by atoms with Crippen LogP contribution in [0.4, 0.5) is 11.6 Å². The second-order valence-corrected chi connectivity index (χ2v) is 8.95. The van der Waals surface area contributed by atoms with E-state index in [4.69, 9.17) is 14.7 Å². The molecule has 4 rings (SSSR count). The van der Waals surface area contributed by atoms with Gasteiger partial charge in [0.05, 0.1) is 30.3 Å². The summed E-state index contributed by atoms with van der Waals surface area (Å²) in [4.78, 5) is 25.1. The molecule has 0 atom stereocenters. The molecule has 0 bridgehead atoms. The molecule has 0 aliphatic rings. The number of hydrogen-bond acceptors (Lipinski definition) is 9. The molecule has 3 N–H and O–H groups in total. The second kappa shape index (κ2) is 9.77. The van der Waals surface area contributed by atoms with Crippen LogP contribution in [0, 0.1) is 0 Å². The number of hydrogen-bond donors (Lipinski definition) is 2. The van der Waals surface area contributed by atoms with Gasteiger partial charge in [0.25, 0.3) is 0 Å². The molecule has 2 aromatic heterocycles. The number of nitrogens with two attached hydrogens (primary N) is 1. The van der Waals surface area contributed by atoms with Crippen LogP contribution in [0.2, 0.25) is 0 Å². The number of methoxy groups -OCH3 is 1. The predicted molar refractivity (Wildman–Crippen MR) is 131 cm³/mol. The molecule has 0 aliphatic heterocycles. The van der Waals surface area contributed by atoms with Gasteiger partial charge >= 0.3 is 10.1 Å². The first-order chi connectivity index (χ1) is 16.7. The van der Waals surface area contributed by atoms with Crippen LogP contribution in [-0.2, 0) is 10.1 Å². The van der Waals surface area contributed by atoms with Gasteiger partial charge in [-0.3, -0.25) is 9.78 Å². The third kappa shape index (κ3) is 5.53. The number of pyridine rings is 1. The molecule has 0 spiro atoms. The Bertz CT molecular complexity index is 1490. The van der Waals surface area contributed by atoms with Crippen LogP contribution in [-0.4, -0.2) is 42.6 Å². The van der Waals surface area contributed by atoms with E-state index in [9.17, 15) is 13.2 Å². The fraction of sp³-hybridized carbons (Fsp3) is 0.0833. The molecule has 35 heavy (non-hydrogen) atoms. The quantitative estimate of drug-likeness (QED) is 0.354. The second-order valence-electron chi connectivity index (χ2n) is 7.38. The van der Waals surface area contributed by atoms with Crippen molar-refractivity contribution in [2.75, 3.05) is 18.7 Å². The van der Waals surface area contributed by atoms with Gasteiger partial charge in [0, 0.05) is 29.7 Å². The van der Waals surface area contributed by atoms with Gasteiger partial charge in [-0.1, -0.05) is 12.1 Å². The Kier molecular flexibility index (Phi) is 6.60. The summed E-state index contributed by atoms with van der Waals surface area (Å²) >= 11 is 0. The van der Waals surface area contributed by atoms with E-state index in [0.717, 1.165) is 11.8 Å². The van der Waals surface area contributed by atoms with E-state index in [-0.39, 0.29) is 22.8 Å². The number of amides is 1. The Morgan fingerprint density at radius 1 is 1.00 bits per heavy atom.